The number of para-hydroxylation sites is 2. The normalized spacial score (nSPS) is 11.8. The number of nitrogens with zero attached hydrogens (tertiary/aromatic N) is 3. The number of carbonyl (C=O) groups excluding carboxylic acids is 1. The van der Waals surface area contributed by atoms with Gasteiger partial charge in [0.25, 0.3) is 0 Å². The lowest BCUT2D eigenvalue weighted by atomic mass is 10.1. The highest BCUT2D eigenvalue weighted by Crippen LogP contribution is 2.29. The molecule has 174 valence electrons. The van der Waals surface area contributed by atoms with Gasteiger partial charge in [0.1, 0.15) is 0 Å². The lowest BCUT2D eigenvalue weighted by Crippen LogP contribution is -2.16. The minimum atomic E-state index is -0.581. The zero-order valence-electron chi connectivity index (χ0n) is 19.2. The summed E-state index contributed by atoms with van der Waals surface area (Å²) in [6.07, 6.45) is -0.581. The second-order valence-electron chi connectivity index (χ2n) is 7.79. The SMILES string of the molecule is Cc1cccc(NC(=O)CSc2nnc(C(C)Oc3ccccc3F)n2-c2ccccc2)c1C. The van der Waals surface area contributed by atoms with Crippen molar-refractivity contribution in [1.29, 1.82) is 0 Å². The van der Waals surface area contributed by atoms with Crippen LogP contribution in [0.4, 0.5) is 10.1 Å². The van der Waals surface area contributed by atoms with Crippen molar-refractivity contribution in [2.45, 2.75) is 32.0 Å². The van der Waals surface area contributed by atoms with E-state index in [0.717, 1.165) is 22.5 Å². The second-order valence-corrected chi connectivity index (χ2v) is 8.73. The summed E-state index contributed by atoms with van der Waals surface area (Å²) in [5, 5.41) is 12.1. The maximum atomic E-state index is 14.1. The molecule has 1 unspecified atom stereocenters. The van der Waals surface area contributed by atoms with Crippen molar-refractivity contribution in [2.75, 3.05) is 11.1 Å². The van der Waals surface area contributed by atoms with Gasteiger partial charge in [-0.15, -0.1) is 10.2 Å². The summed E-state index contributed by atoms with van der Waals surface area (Å²) in [5.41, 5.74) is 3.77. The number of hydrogen-bond donors (Lipinski definition) is 1. The van der Waals surface area contributed by atoms with Crippen LogP contribution in [0.15, 0.2) is 78.0 Å². The van der Waals surface area contributed by atoms with Crippen LogP contribution in [0.3, 0.4) is 0 Å². The number of halogens is 1. The van der Waals surface area contributed by atoms with Gasteiger partial charge < -0.3 is 10.1 Å². The van der Waals surface area contributed by atoms with Crippen molar-refractivity contribution >= 4 is 23.4 Å². The molecule has 1 N–H and O–H groups in total. The van der Waals surface area contributed by atoms with Crippen LogP contribution in [0, 0.1) is 19.7 Å². The summed E-state index contributed by atoms with van der Waals surface area (Å²) in [7, 11) is 0. The van der Waals surface area contributed by atoms with Gasteiger partial charge in [-0.2, -0.15) is 0 Å². The van der Waals surface area contributed by atoms with E-state index in [1.807, 2.05) is 66.9 Å². The zero-order valence-corrected chi connectivity index (χ0v) is 20.0. The fourth-order valence-electron chi connectivity index (χ4n) is 3.44. The van der Waals surface area contributed by atoms with Gasteiger partial charge in [-0.3, -0.25) is 9.36 Å². The molecule has 34 heavy (non-hydrogen) atoms. The topological polar surface area (TPSA) is 69.0 Å². The van der Waals surface area contributed by atoms with E-state index in [4.69, 9.17) is 4.74 Å². The van der Waals surface area contributed by atoms with Crippen LogP contribution in [0.2, 0.25) is 0 Å². The first kappa shape index (κ1) is 23.5. The number of aromatic nitrogens is 3. The Morgan fingerprint density at radius 2 is 1.76 bits per heavy atom. The first-order chi connectivity index (χ1) is 16.4. The molecule has 4 rings (SSSR count). The number of benzene rings is 3. The monoisotopic (exact) mass is 476 g/mol. The third-order valence-corrected chi connectivity index (χ3v) is 6.32. The highest BCUT2D eigenvalue weighted by molar-refractivity contribution is 7.99. The van der Waals surface area contributed by atoms with E-state index in [2.05, 4.69) is 15.5 Å². The molecule has 0 aliphatic carbocycles. The lowest BCUT2D eigenvalue weighted by molar-refractivity contribution is -0.113. The van der Waals surface area contributed by atoms with Gasteiger partial charge in [0, 0.05) is 11.4 Å². The number of thioether (sulfide) groups is 1. The fourth-order valence-corrected chi connectivity index (χ4v) is 4.20. The van der Waals surface area contributed by atoms with Gasteiger partial charge in [-0.25, -0.2) is 4.39 Å². The Balaban J connectivity index is 1.55. The Labute approximate surface area is 202 Å². The van der Waals surface area contributed by atoms with Gasteiger partial charge in [-0.05, 0) is 62.2 Å². The first-order valence-electron chi connectivity index (χ1n) is 10.8. The number of carbonyl (C=O) groups is 1. The van der Waals surface area contributed by atoms with Crippen molar-refractivity contribution in [3.05, 3.63) is 95.6 Å². The first-order valence-corrected chi connectivity index (χ1v) is 11.8. The fraction of sp³-hybridized carbons (Fsp3) is 0.192. The Kier molecular flexibility index (Phi) is 7.27. The molecule has 0 saturated heterocycles. The standard InChI is InChI=1S/C26H25FN4O2S/c1-17-10-9-14-22(18(17)2)28-24(32)16-34-26-30-29-25(31(26)20-11-5-4-6-12-20)19(3)33-23-15-8-7-13-21(23)27/h4-15,19H,16H2,1-3H3,(H,28,32). The van der Waals surface area contributed by atoms with E-state index in [1.165, 1.54) is 17.8 Å². The molecule has 0 spiro atoms. The zero-order chi connectivity index (χ0) is 24.1. The molecule has 0 aliphatic heterocycles. The molecule has 3 aromatic carbocycles. The Hall–Kier alpha value is -3.65. The summed E-state index contributed by atoms with van der Waals surface area (Å²) in [4.78, 5) is 12.7. The Morgan fingerprint density at radius 1 is 1.03 bits per heavy atom. The number of aryl methyl sites for hydroxylation is 1. The Bertz CT molecular complexity index is 1290. The van der Waals surface area contributed by atoms with Crippen LogP contribution in [0.25, 0.3) is 5.69 Å². The van der Waals surface area contributed by atoms with E-state index < -0.39 is 11.9 Å². The van der Waals surface area contributed by atoms with Gasteiger partial charge >= 0.3 is 0 Å². The van der Waals surface area contributed by atoms with E-state index in [0.29, 0.717) is 11.0 Å². The number of amides is 1. The van der Waals surface area contributed by atoms with E-state index in [9.17, 15) is 9.18 Å². The molecule has 0 radical (unpaired) electrons. The van der Waals surface area contributed by atoms with Gasteiger partial charge in [0.2, 0.25) is 5.91 Å². The molecule has 1 atom stereocenters. The summed E-state index contributed by atoms with van der Waals surface area (Å²) in [5.74, 6) is 0.212. The van der Waals surface area contributed by atoms with Crippen molar-refractivity contribution in [3.63, 3.8) is 0 Å². The molecule has 4 aromatic rings. The molecule has 0 saturated carbocycles. The number of hydrogen-bond acceptors (Lipinski definition) is 5. The molecule has 1 aromatic heterocycles. The molecule has 1 heterocycles. The molecule has 6 nitrogen and oxygen atoms in total. The van der Waals surface area contributed by atoms with Crippen LogP contribution >= 0.6 is 11.8 Å². The molecule has 0 fully saturated rings. The van der Waals surface area contributed by atoms with Crippen molar-refractivity contribution in [3.8, 4) is 11.4 Å². The third kappa shape index (κ3) is 5.28. The molecular formula is C26H25FN4O2S. The van der Waals surface area contributed by atoms with Crippen LogP contribution in [0.5, 0.6) is 5.75 Å². The molecule has 8 heteroatoms. The summed E-state index contributed by atoms with van der Waals surface area (Å²) >= 11 is 1.27. The summed E-state index contributed by atoms with van der Waals surface area (Å²) < 4.78 is 21.8. The summed E-state index contributed by atoms with van der Waals surface area (Å²) in [6.45, 7) is 5.78. The van der Waals surface area contributed by atoms with Gasteiger partial charge in [-0.1, -0.05) is 54.2 Å². The maximum absolute atomic E-state index is 14.1. The second kappa shape index (κ2) is 10.5. The lowest BCUT2D eigenvalue weighted by Gasteiger charge is -2.17. The summed E-state index contributed by atoms with van der Waals surface area (Å²) in [6, 6.07) is 21.6. The average Bonchev–Trinajstić information content (AvgIpc) is 3.27. The number of anilines is 1. The van der Waals surface area contributed by atoms with E-state index >= 15 is 0 Å². The quantitative estimate of drug-likeness (QED) is 0.321. The van der Waals surface area contributed by atoms with Crippen LogP contribution in [-0.2, 0) is 4.79 Å². The van der Waals surface area contributed by atoms with Crippen LogP contribution in [0.1, 0.15) is 30.0 Å². The van der Waals surface area contributed by atoms with Crippen molar-refractivity contribution in [1.82, 2.24) is 14.8 Å². The molecular weight excluding hydrogens is 451 g/mol. The Morgan fingerprint density at radius 3 is 2.53 bits per heavy atom. The minimum Gasteiger partial charge on any atom is -0.480 e. The van der Waals surface area contributed by atoms with Crippen LogP contribution in [-0.4, -0.2) is 26.4 Å². The average molecular weight is 477 g/mol. The number of nitrogens with one attached hydrogen (secondary N) is 1. The highest BCUT2D eigenvalue weighted by Gasteiger charge is 2.22. The molecule has 1 amide bonds. The number of ether oxygens (including phenoxy) is 1. The smallest absolute Gasteiger partial charge is 0.234 e. The molecule has 0 bridgehead atoms. The van der Waals surface area contributed by atoms with Crippen LogP contribution < -0.4 is 10.1 Å². The predicted molar refractivity (Wildman–Crippen MR) is 132 cm³/mol. The van der Waals surface area contributed by atoms with Crippen molar-refractivity contribution < 1.29 is 13.9 Å². The van der Waals surface area contributed by atoms with Gasteiger partial charge in [0.15, 0.2) is 28.7 Å². The highest BCUT2D eigenvalue weighted by atomic mass is 32.2. The van der Waals surface area contributed by atoms with Crippen molar-refractivity contribution in [2.24, 2.45) is 0 Å². The van der Waals surface area contributed by atoms with Gasteiger partial charge in [0.05, 0.1) is 5.75 Å². The predicted octanol–water partition coefficient (Wildman–Crippen LogP) is 5.89. The minimum absolute atomic E-state index is 0.139. The van der Waals surface area contributed by atoms with E-state index in [1.54, 1.807) is 25.1 Å². The number of rotatable bonds is 8. The molecule has 0 aliphatic rings. The van der Waals surface area contributed by atoms with E-state index in [-0.39, 0.29) is 17.4 Å². The maximum Gasteiger partial charge on any atom is 0.234 e. The third-order valence-electron chi connectivity index (χ3n) is 5.39. The largest absolute Gasteiger partial charge is 0.480 e.